The number of rotatable bonds is 8. The Balaban J connectivity index is 0.00000312. The van der Waals surface area contributed by atoms with E-state index in [9.17, 15) is 0 Å². The lowest BCUT2D eigenvalue weighted by Gasteiger charge is -2.21. The van der Waals surface area contributed by atoms with E-state index in [1.165, 1.54) is 32.1 Å². The highest BCUT2D eigenvalue weighted by Gasteiger charge is 2.12. The largest absolute Gasteiger partial charge is 0.491 e. The van der Waals surface area contributed by atoms with Crippen LogP contribution in [0.4, 0.5) is 5.69 Å². The van der Waals surface area contributed by atoms with Gasteiger partial charge in [0.15, 0.2) is 5.96 Å². The van der Waals surface area contributed by atoms with Gasteiger partial charge in [0.2, 0.25) is 0 Å². The van der Waals surface area contributed by atoms with Crippen LogP contribution in [0.3, 0.4) is 0 Å². The zero-order valence-corrected chi connectivity index (χ0v) is 17.7. The van der Waals surface area contributed by atoms with Gasteiger partial charge in [0.25, 0.3) is 0 Å². The van der Waals surface area contributed by atoms with Gasteiger partial charge in [-0.15, -0.1) is 24.0 Å². The van der Waals surface area contributed by atoms with E-state index in [1.807, 2.05) is 38.1 Å². The van der Waals surface area contributed by atoms with Gasteiger partial charge >= 0.3 is 0 Å². The van der Waals surface area contributed by atoms with E-state index in [0.29, 0.717) is 18.6 Å². The molecule has 2 rings (SSSR count). The van der Waals surface area contributed by atoms with Crippen LogP contribution in [0.2, 0.25) is 0 Å². The summed E-state index contributed by atoms with van der Waals surface area (Å²) in [6.07, 6.45) is 7.93. The zero-order valence-electron chi connectivity index (χ0n) is 15.4. The molecule has 0 heterocycles. The van der Waals surface area contributed by atoms with Gasteiger partial charge in [0, 0.05) is 18.8 Å². The molecule has 0 aliphatic heterocycles. The third-order valence-corrected chi connectivity index (χ3v) is 3.99. The van der Waals surface area contributed by atoms with E-state index >= 15 is 0 Å². The minimum atomic E-state index is 0. The lowest BCUT2D eigenvalue weighted by atomic mass is 9.98. The van der Waals surface area contributed by atoms with Crippen molar-refractivity contribution in [2.75, 3.05) is 18.5 Å². The van der Waals surface area contributed by atoms with Crippen molar-refractivity contribution >= 4 is 35.6 Å². The molecule has 5 nitrogen and oxygen atoms in total. The van der Waals surface area contributed by atoms with Gasteiger partial charge in [-0.2, -0.15) is 0 Å². The molecule has 0 spiro atoms. The van der Waals surface area contributed by atoms with E-state index in [-0.39, 0.29) is 30.1 Å². The van der Waals surface area contributed by atoms with Crippen LogP contribution in [0.5, 0.6) is 5.75 Å². The van der Waals surface area contributed by atoms with Crippen molar-refractivity contribution in [3.63, 3.8) is 0 Å². The number of halogens is 1. The fourth-order valence-electron chi connectivity index (χ4n) is 2.82. The van der Waals surface area contributed by atoms with E-state index in [4.69, 9.17) is 15.2 Å². The number of nitrogens with one attached hydrogen (secondary N) is 1. The maximum Gasteiger partial charge on any atom is 0.193 e. The topological polar surface area (TPSA) is 68.9 Å². The van der Waals surface area contributed by atoms with Crippen LogP contribution < -0.4 is 15.8 Å². The van der Waals surface area contributed by atoms with Gasteiger partial charge < -0.3 is 20.5 Å². The maximum absolute atomic E-state index is 5.92. The molecule has 3 N–H and O–H groups in total. The van der Waals surface area contributed by atoms with E-state index in [1.54, 1.807) is 0 Å². The second kappa shape index (κ2) is 12.4. The highest BCUT2D eigenvalue weighted by atomic mass is 127. The summed E-state index contributed by atoms with van der Waals surface area (Å²) in [7, 11) is 0. The molecule has 0 unspecified atom stereocenters. The van der Waals surface area contributed by atoms with Crippen LogP contribution in [-0.4, -0.2) is 31.3 Å². The summed E-state index contributed by atoms with van der Waals surface area (Å²) in [5, 5.41) is 3.09. The predicted octanol–water partition coefficient (Wildman–Crippen LogP) is 4.56. The lowest BCUT2D eigenvalue weighted by Crippen LogP contribution is -2.23. The van der Waals surface area contributed by atoms with Crippen LogP contribution in [0.25, 0.3) is 0 Å². The molecule has 0 saturated heterocycles. The predicted molar refractivity (Wildman–Crippen MR) is 115 cm³/mol. The number of nitrogens with two attached hydrogens (primary N) is 1. The van der Waals surface area contributed by atoms with E-state index in [0.717, 1.165) is 24.5 Å². The van der Waals surface area contributed by atoms with Crippen molar-refractivity contribution in [2.45, 2.75) is 64.6 Å². The Morgan fingerprint density at radius 1 is 1.20 bits per heavy atom. The Kier molecular flexibility index (Phi) is 10.9. The maximum atomic E-state index is 5.92. The standard InChI is InChI=1S/C19H31N3O2.HI/c1-15(2)24-18-11-9-16(10-12-18)22-19(20)21-13-6-14-23-17-7-4-3-5-8-17;/h9-12,15,17H,3-8,13-14H2,1-2H3,(H3,20,21,22);1H. The van der Waals surface area contributed by atoms with Gasteiger partial charge in [-0.1, -0.05) is 19.3 Å². The fourth-order valence-corrected chi connectivity index (χ4v) is 2.82. The normalized spacial score (nSPS) is 15.7. The van der Waals surface area contributed by atoms with E-state index in [2.05, 4.69) is 10.3 Å². The number of aliphatic imine (C=N–C) groups is 1. The Bertz CT molecular complexity index is 500. The van der Waals surface area contributed by atoms with Crippen molar-refractivity contribution in [1.29, 1.82) is 0 Å². The Morgan fingerprint density at radius 3 is 2.52 bits per heavy atom. The van der Waals surface area contributed by atoms with Gasteiger partial charge in [0.05, 0.1) is 12.2 Å². The van der Waals surface area contributed by atoms with Gasteiger partial charge in [-0.05, 0) is 57.4 Å². The Hall–Kier alpha value is -1.02. The summed E-state index contributed by atoms with van der Waals surface area (Å²) in [4.78, 5) is 4.34. The van der Waals surface area contributed by atoms with Crippen molar-refractivity contribution in [1.82, 2.24) is 0 Å². The average Bonchev–Trinajstić information content (AvgIpc) is 2.57. The smallest absolute Gasteiger partial charge is 0.193 e. The molecule has 1 fully saturated rings. The summed E-state index contributed by atoms with van der Waals surface area (Å²) in [5.41, 5.74) is 6.82. The summed E-state index contributed by atoms with van der Waals surface area (Å²) in [6.45, 7) is 5.46. The molecule has 25 heavy (non-hydrogen) atoms. The summed E-state index contributed by atoms with van der Waals surface area (Å²) in [5.74, 6) is 1.29. The third-order valence-electron chi connectivity index (χ3n) is 3.99. The number of hydrogen-bond acceptors (Lipinski definition) is 3. The van der Waals surface area contributed by atoms with Crippen molar-refractivity contribution in [3.8, 4) is 5.75 Å². The molecule has 1 aromatic rings. The molecule has 1 aromatic carbocycles. The number of hydrogen-bond donors (Lipinski definition) is 2. The molecule has 1 saturated carbocycles. The first-order valence-electron chi connectivity index (χ1n) is 9.09. The van der Waals surface area contributed by atoms with Gasteiger partial charge in [-0.3, -0.25) is 4.99 Å². The minimum Gasteiger partial charge on any atom is -0.491 e. The summed E-state index contributed by atoms with van der Waals surface area (Å²) < 4.78 is 11.5. The van der Waals surface area contributed by atoms with Crippen LogP contribution in [0.15, 0.2) is 29.3 Å². The second-order valence-corrected chi connectivity index (χ2v) is 6.57. The minimum absolute atomic E-state index is 0. The quantitative estimate of drug-likeness (QED) is 0.258. The number of benzene rings is 1. The average molecular weight is 461 g/mol. The first-order chi connectivity index (χ1) is 11.6. The van der Waals surface area contributed by atoms with Crippen molar-refractivity contribution in [2.24, 2.45) is 10.7 Å². The first kappa shape index (κ1) is 22.0. The van der Waals surface area contributed by atoms with Crippen LogP contribution in [-0.2, 0) is 4.74 Å². The summed E-state index contributed by atoms with van der Waals surface area (Å²) >= 11 is 0. The molecule has 1 aliphatic rings. The first-order valence-corrected chi connectivity index (χ1v) is 9.09. The fraction of sp³-hybridized carbons (Fsp3) is 0.632. The van der Waals surface area contributed by atoms with Gasteiger partial charge in [-0.25, -0.2) is 0 Å². The number of ether oxygens (including phenoxy) is 2. The van der Waals surface area contributed by atoms with Crippen LogP contribution >= 0.6 is 24.0 Å². The van der Waals surface area contributed by atoms with Crippen LogP contribution in [0.1, 0.15) is 52.4 Å². The number of anilines is 1. The highest BCUT2D eigenvalue weighted by Crippen LogP contribution is 2.20. The molecule has 0 bridgehead atoms. The highest BCUT2D eigenvalue weighted by molar-refractivity contribution is 14.0. The Labute approximate surface area is 168 Å². The van der Waals surface area contributed by atoms with Gasteiger partial charge in [0.1, 0.15) is 5.75 Å². The Morgan fingerprint density at radius 2 is 1.88 bits per heavy atom. The van der Waals surface area contributed by atoms with E-state index < -0.39 is 0 Å². The monoisotopic (exact) mass is 461 g/mol. The van der Waals surface area contributed by atoms with Crippen LogP contribution in [0, 0.1) is 0 Å². The molecule has 6 heteroatoms. The van der Waals surface area contributed by atoms with Crippen molar-refractivity contribution < 1.29 is 9.47 Å². The molecule has 142 valence electrons. The third kappa shape index (κ3) is 9.30. The molecular weight excluding hydrogens is 429 g/mol. The molecule has 0 radical (unpaired) electrons. The zero-order chi connectivity index (χ0) is 17.2. The second-order valence-electron chi connectivity index (χ2n) is 6.57. The lowest BCUT2D eigenvalue weighted by molar-refractivity contribution is 0.0281. The molecule has 0 amide bonds. The summed E-state index contributed by atoms with van der Waals surface area (Å²) in [6, 6.07) is 7.72. The number of guanidine groups is 1. The van der Waals surface area contributed by atoms with Crippen molar-refractivity contribution in [3.05, 3.63) is 24.3 Å². The molecule has 0 aromatic heterocycles. The molecule has 0 atom stereocenters. The SMILES string of the molecule is CC(C)Oc1ccc(NC(N)=NCCCOC2CCCCC2)cc1.I. The molecule has 1 aliphatic carbocycles. The molecular formula is C19H32IN3O2. The number of nitrogens with zero attached hydrogens (tertiary/aromatic N) is 1.